The molecule has 0 saturated carbocycles. The first kappa shape index (κ1) is 23.7. The first-order valence-corrected chi connectivity index (χ1v) is 14.2. The van der Waals surface area contributed by atoms with Gasteiger partial charge in [-0.15, -0.1) is 0 Å². The van der Waals surface area contributed by atoms with E-state index in [0.29, 0.717) is 11.7 Å². The van der Waals surface area contributed by atoms with Crippen LogP contribution in [0.15, 0.2) is 48.9 Å². The number of anilines is 2. The number of rotatable bonds is 6. The fraction of sp³-hybridized carbons (Fsp3) is 0.385. The van der Waals surface area contributed by atoms with Crippen LogP contribution in [0.4, 0.5) is 11.4 Å². The molecule has 0 amide bonds. The fourth-order valence-corrected chi connectivity index (χ4v) is 6.32. The zero-order valence-electron chi connectivity index (χ0n) is 19.9. The summed E-state index contributed by atoms with van der Waals surface area (Å²) in [5.41, 5.74) is 4.99. The number of benzene rings is 1. The Kier molecular flexibility index (Phi) is 7.58. The van der Waals surface area contributed by atoms with Gasteiger partial charge in [-0.3, -0.25) is 0 Å². The third kappa shape index (κ3) is 5.99. The quantitative estimate of drug-likeness (QED) is 0.474. The minimum absolute atomic E-state index is 0.341. The van der Waals surface area contributed by atoms with Crippen molar-refractivity contribution in [2.45, 2.75) is 18.9 Å². The normalized spacial score (nSPS) is 17.5. The van der Waals surface area contributed by atoms with E-state index in [1.54, 1.807) is 12.4 Å². The van der Waals surface area contributed by atoms with Crippen LogP contribution in [0.5, 0.6) is 0 Å². The van der Waals surface area contributed by atoms with Crippen molar-refractivity contribution in [1.29, 1.82) is 5.26 Å². The summed E-state index contributed by atoms with van der Waals surface area (Å²) in [6, 6.07) is 13.5. The maximum absolute atomic E-state index is 8.98. The van der Waals surface area contributed by atoms with Crippen LogP contribution in [0.2, 0.25) is 0 Å². The SMILES string of the molecule is CN1CCC(Nc2cc([AsH]c3cnc(C#N)cn3)ncc2-c2ccc(N3CCOCC3)cc2)CC1. The molecule has 2 aromatic heterocycles. The molecule has 180 valence electrons. The van der Waals surface area contributed by atoms with E-state index >= 15 is 0 Å². The topological polar surface area (TPSA) is 90.2 Å². The number of ether oxygens (including phenoxy) is 1. The zero-order valence-corrected chi connectivity index (χ0v) is 22.0. The van der Waals surface area contributed by atoms with E-state index in [1.165, 1.54) is 5.69 Å². The van der Waals surface area contributed by atoms with Crippen LogP contribution in [0.1, 0.15) is 18.5 Å². The van der Waals surface area contributed by atoms with Crippen molar-refractivity contribution >= 4 is 36.1 Å². The Balaban J connectivity index is 1.40. The Bertz CT molecular complexity index is 1170. The summed E-state index contributed by atoms with van der Waals surface area (Å²) in [6.45, 7) is 5.64. The number of piperidine rings is 1. The van der Waals surface area contributed by atoms with Gasteiger partial charge < -0.3 is 0 Å². The summed E-state index contributed by atoms with van der Waals surface area (Å²) in [5, 5.41) is 12.8. The molecule has 0 spiro atoms. The van der Waals surface area contributed by atoms with E-state index in [0.717, 1.165) is 78.0 Å². The molecule has 1 N–H and O–H groups in total. The van der Waals surface area contributed by atoms with Crippen LogP contribution < -0.4 is 19.2 Å². The van der Waals surface area contributed by atoms with E-state index in [-0.39, 0.29) is 0 Å². The van der Waals surface area contributed by atoms with Crippen molar-refractivity contribution in [2.24, 2.45) is 0 Å². The minimum atomic E-state index is -0.755. The fourth-order valence-electron chi connectivity index (χ4n) is 4.50. The number of nitrogens with zero attached hydrogens (tertiary/aromatic N) is 6. The van der Waals surface area contributed by atoms with Crippen LogP contribution in [-0.4, -0.2) is 88.1 Å². The molecule has 2 aliphatic heterocycles. The molecular formula is C26H30AsN7O. The summed E-state index contributed by atoms with van der Waals surface area (Å²) >= 11 is -0.755. The van der Waals surface area contributed by atoms with E-state index in [2.05, 4.69) is 62.5 Å². The Labute approximate surface area is 213 Å². The molecule has 4 heterocycles. The molecule has 2 saturated heterocycles. The van der Waals surface area contributed by atoms with Gasteiger partial charge in [0.2, 0.25) is 0 Å². The second-order valence-corrected chi connectivity index (χ2v) is 11.7. The number of nitrogens with one attached hydrogen (secondary N) is 1. The molecule has 9 heteroatoms. The van der Waals surface area contributed by atoms with Crippen molar-refractivity contribution in [2.75, 3.05) is 56.7 Å². The molecule has 1 atom stereocenters. The Morgan fingerprint density at radius 2 is 1.71 bits per heavy atom. The van der Waals surface area contributed by atoms with Gasteiger partial charge in [0.1, 0.15) is 0 Å². The summed E-state index contributed by atoms with van der Waals surface area (Å²) in [5.74, 6) is 0. The first-order valence-electron chi connectivity index (χ1n) is 12.1. The number of hydrogen-bond acceptors (Lipinski definition) is 8. The van der Waals surface area contributed by atoms with Crippen molar-refractivity contribution in [3.8, 4) is 17.2 Å². The average Bonchev–Trinajstić information content (AvgIpc) is 2.91. The molecule has 5 rings (SSSR count). The second kappa shape index (κ2) is 11.2. The second-order valence-electron chi connectivity index (χ2n) is 9.01. The van der Waals surface area contributed by atoms with Gasteiger partial charge >= 0.3 is 213 Å². The van der Waals surface area contributed by atoms with Crippen LogP contribution in [0.25, 0.3) is 11.1 Å². The Morgan fingerprint density at radius 3 is 2.40 bits per heavy atom. The monoisotopic (exact) mass is 531 g/mol. The number of likely N-dealkylation sites (tertiary alicyclic amines) is 1. The number of aromatic nitrogens is 3. The molecule has 2 aliphatic rings. The van der Waals surface area contributed by atoms with Gasteiger partial charge in [0.25, 0.3) is 0 Å². The molecule has 3 aromatic rings. The number of nitriles is 1. The first-order chi connectivity index (χ1) is 17.2. The molecule has 35 heavy (non-hydrogen) atoms. The van der Waals surface area contributed by atoms with Gasteiger partial charge in [0.15, 0.2) is 0 Å². The van der Waals surface area contributed by atoms with Gasteiger partial charge in [-0.1, -0.05) is 0 Å². The standard InChI is InChI=1S/C26H30AsN7O/c1-33-8-6-20(7-9-33)32-24-14-25(27-26-18-29-21(15-28)16-30-26)31-17-23(24)19-2-4-22(5-3-19)34-10-12-35-13-11-34/h2-5,14,16-18,20,27H,6-13H2,1H3,(H,31,32). The van der Waals surface area contributed by atoms with E-state index in [1.807, 2.05) is 12.3 Å². The number of hydrogen-bond donors (Lipinski definition) is 1. The van der Waals surface area contributed by atoms with Crippen LogP contribution in [0.3, 0.4) is 0 Å². The number of morpholine rings is 1. The molecule has 0 bridgehead atoms. The molecule has 1 unspecified atom stereocenters. The average molecular weight is 531 g/mol. The summed E-state index contributed by atoms with van der Waals surface area (Å²) in [7, 11) is 2.19. The van der Waals surface area contributed by atoms with E-state index < -0.39 is 15.8 Å². The van der Waals surface area contributed by atoms with Crippen LogP contribution in [0, 0.1) is 11.3 Å². The predicted octanol–water partition coefficient (Wildman–Crippen LogP) is 1.14. The van der Waals surface area contributed by atoms with Gasteiger partial charge in [-0.05, 0) is 0 Å². The maximum atomic E-state index is 8.98. The molecule has 8 nitrogen and oxygen atoms in total. The third-order valence-electron chi connectivity index (χ3n) is 6.56. The zero-order chi connectivity index (χ0) is 24.0. The van der Waals surface area contributed by atoms with Crippen molar-refractivity contribution in [1.82, 2.24) is 19.9 Å². The van der Waals surface area contributed by atoms with Crippen LogP contribution >= 0.6 is 0 Å². The number of pyridine rings is 1. The van der Waals surface area contributed by atoms with Gasteiger partial charge in [-0.2, -0.15) is 0 Å². The Morgan fingerprint density at radius 1 is 0.971 bits per heavy atom. The van der Waals surface area contributed by atoms with Crippen LogP contribution in [-0.2, 0) is 4.74 Å². The Hall–Kier alpha value is -2.98. The van der Waals surface area contributed by atoms with E-state index in [9.17, 15) is 0 Å². The molecule has 0 aliphatic carbocycles. The van der Waals surface area contributed by atoms with Crippen molar-refractivity contribution < 1.29 is 4.74 Å². The van der Waals surface area contributed by atoms with Gasteiger partial charge in [-0.25, -0.2) is 0 Å². The van der Waals surface area contributed by atoms with Crippen molar-refractivity contribution in [3.05, 3.63) is 54.6 Å². The summed E-state index contributed by atoms with van der Waals surface area (Å²) < 4.78 is 7.46. The summed E-state index contributed by atoms with van der Waals surface area (Å²) in [6.07, 6.45) is 7.50. The molecule has 1 aromatic carbocycles. The molecule has 0 radical (unpaired) electrons. The van der Waals surface area contributed by atoms with Gasteiger partial charge in [0, 0.05) is 0 Å². The molecular weight excluding hydrogens is 501 g/mol. The molecule has 2 fully saturated rings. The van der Waals surface area contributed by atoms with Gasteiger partial charge in [0.05, 0.1) is 0 Å². The summed E-state index contributed by atoms with van der Waals surface area (Å²) in [4.78, 5) is 18.2. The third-order valence-corrected chi connectivity index (χ3v) is 8.75. The predicted molar refractivity (Wildman–Crippen MR) is 140 cm³/mol. The van der Waals surface area contributed by atoms with Crippen molar-refractivity contribution in [3.63, 3.8) is 0 Å². The van der Waals surface area contributed by atoms with E-state index in [4.69, 9.17) is 15.0 Å².